The van der Waals surface area contributed by atoms with Gasteiger partial charge in [-0.15, -0.1) is 0 Å². The standard InChI is InChI=1S/C4H8INOS/c1-6-3(2-8)4(5)7/h3,6,8H,2H2,1H3. The summed E-state index contributed by atoms with van der Waals surface area (Å²) in [6.45, 7) is 0. The van der Waals surface area contributed by atoms with Gasteiger partial charge in [-0.1, -0.05) is 0 Å². The Morgan fingerprint density at radius 3 is 2.50 bits per heavy atom. The van der Waals surface area contributed by atoms with Crippen LogP contribution in [0.4, 0.5) is 0 Å². The van der Waals surface area contributed by atoms with Crippen LogP contribution < -0.4 is 5.32 Å². The van der Waals surface area contributed by atoms with Gasteiger partial charge in [-0.05, 0) is 7.05 Å². The second kappa shape index (κ2) is 4.58. The van der Waals surface area contributed by atoms with Crippen molar-refractivity contribution < 1.29 is 4.79 Å². The molecule has 8 heavy (non-hydrogen) atoms. The Bertz CT molecular complexity index is 84.1. The molecule has 1 unspecified atom stereocenters. The van der Waals surface area contributed by atoms with Crippen molar-refractivity contribution in [2.45, 2.75) is 6.04 Å². The van der Waals surface area contributed by atoms with Gasteiger partial charge in [-0.3, -0.25) is 4.79 Å². The van der Waals surface area contributed by atoms with Gasteiger partial charge in [-0.25, -0.2) is 0 Å². The molecule has 4 heteroatoms. The van der Waals surface area contributed by atoms with Gasteiger partial charge in [0.05, 0.1) is 6.04 Å². The van der Waals surface area contributed by atoms with Gasteiger partial charge in [0.15, 0.2) is 0 Å². The highest BCUT2D eigenvalue weighted by Gasteiger charge is 2.08. The van der Waals surface area contributed by atoms with E-state index in [1.807, 2.05) is 0 Å². The summed E-state index contributed by atoms with van der Waals surface area (Å²) in [5, 5.41) is 2.82. The molecule has 0 aromatic heterocycles. The lowest BCUT2D eigenvalue weighted by Crippen LogP contribution is -2.32. The van der Waals surface area contributed by atoms with Gasteiger partial charge in [0.25, 0.3) is 0 Å². The molecular formula is C4H8INOS. The van der Waals surface area contributed by atoms with Crippen LogP contribution in [0.25, 0.3) is 0 Å². The minimum atomic E-state index is -0.0843. The molecule has 0 amide bonds. The van der Waals surface area contributed by atoms with E-state index in [0.29, 0.717) is 5.75 Å². The Morgan fingerprint density at radius 1 is 2.00 bits per heavy atom. The van der Waals surface area contributed by atoms with Crippen LogP contribution in [0.2, 0.25) is 0 Å². The molecule has 48 valence electrons. The van der Waals surface area contributed by atoms with Crippen LogP contribution in [0.1, 0.15) is 0 Å². The third-order valence-corrected chi connectivity index (χ3v) is 1.92. The summed E-state index contributed by atoms with van der Waals surface area (Å²) in [5.74, 6) is 0.568. The topological polar surface area (TPSA) is 29.1 Å². The zero-order chi connectivity index (χ0) is 6.57. The molecule has 0 aliphatic rings. The number of hydrogen-bond acceptors (Lipinski definition) is 3. The fourth-order valence-electron chi connectivity index (χ4n) is 0.277. The molecule has 0 aliphatic carbocycles. The lowest BCUT2D eigenvalue weighted by molar-refractivity contribution is -0.110. The number of rotatable bonds is 3. The first-order valence-corrected chi connectivity index (χ1v) is 3.91. The zero-order valence-corrected chi connectivity index (χ0v) is 7.57. The Balaban J connectivity index is 3.52. The van der Waals surface area contributed by atoms with E-state index >= 15 is 0 Å². The molecule has 0 heterocycles. The van der Waals surface area contributed by atoms with Crippen molar-refractivity contribution in [1.82, 2.24) is 5.32 Å². The monoisotopic (exact) mass is 245 g/mol. The Hall–Kier alpha value is 0.710. The third kappa shape index (κ3) is 2.88. The number of halogens is 1. The maximum absolute atomic E-state index is 10.5. The van der Waals surface area contributed by atoms with E-state index in [1.54, 1.807) is 29.6 Å². The van der Waals surface area contributed by atoms with E-state index in [4.69, 9.17) is 0 Å². The minimum absolute atomic E-state index is 0.0843. The highest BCUT2D eigenvalue weighted by molar-refractivity contribution is 14.1. The highest BCUT2D eigenvalue weighted by Crippen LogP contribution is 1.95. The number of nitrogens with one attached hydrogen (secondary N) is 1. The predicted octanol–water partition coefficient (Wildman–Crippen LogP) is 0.466. The van der Waals surface area contributed by atoms with E-state index in [0.717, 1.165) is 0 Å². The first kappa shape index (κ1) is 8.71. The van der Waals surface area contributed by atoms with Gasteiger partial charge in [-0.2, -0.15) is 12.6 Å². The van der Waals surface area contributed by atoms with Gasteiger partial charge in [0.1, 0.15) is 0 Å². The summed E-state index contributed by atoms with van der Waals surface area (Å²) in [6, 6.07) is -0.0843. The SMILES string of the molecule is CNC(CS)C(=O)I. The molecular weight excluding hydrogens is 237 g/mol. The van der Waals surface area contributed by atoms with E-state index in [2.05, 4.69) is 17.9 Å². The molecule has 0 aromatic rings. The predicted molar refractivity (Wildman–Crippen MR) is 45.7 cm³/mol. The number of carbonyl (C=O) groups excluding carboxylic acids is 1. The third-order valence-electron chi connectivity index (χ3n) is 0.805. The van der Waals surface area contributed by atoms with Crippen molar-refractivity contribution in [1.29, 1.82) is 0 Å². The van der Waals surface area contributed by atoms with E-state index in [9.17, 15) is 4.79 Å². The smallest absolute Gasteiger partial charge is 0.209 e. The molecule has 0 aromatic carbocycles. The summed E-state index contributed by atoms with van der Waals surface area (Å²) in [4.78, 5) is 10.5. The molecule has 0 rings (SSSR count). The van der Waals surface area contributed by atoms with Crippen LogP contribution in [0.5, 0.6) is 0 Å². The number of thiol groups is 1. The molecule has 0 saturated carbocycles. The first-order valence-electron chi connectivity index (χ1n) is 2.19. The maximum Gasteiger partial charge on any atom is 0.209 e. The molecule has 2 nitrogen and oxygen atoms in total. The lowest BCUT2D eigenvalue weighted by Gasteiger charge is -2.05. The molecule has 0 spiro atoms. The highest BCUT2D eigenvalue weighted by atomic mass is 127. The Kier molecular flexibility index (Phi) is 4.98. The summed E-state index contributed by atoms with van der Waals surface area (Å²) in [6.07, 6.45) is 0. The number of hydrogen-bond donors (Lipinski definition) is 2. The number of carbonyl (C=O) groups is 1. The van der Waals surface area contributed by atoms with E-state index in [1.165, 1.54) is 0 Å². The molecule has 0 saturated heterocycles. The van der Waals surface area contributed by atoms with E-state index < -0.39 is 0 Å². The normalized spacial score (nSPS) is 13.4. The summed E-state index contributed by atoms with van der Waals surface area (Å²) in [5.41, 5.74) is 0. The fourth-order valence-corrected chi connectivity index (χ4v) is 1.50. The minimum Gasteiger partial charge on any atom is -0.309 e. The molecule has 1 atom stereocenters. The largest absolute Gasteiger partial charge is 0.309 e. The molecule has 0 radical (unpaired) electrons. The summed E-state index contributed by atoms with van der Waals surface area (Å²) < 4.78 is 0.111. The van der Waals surface area contributed by atoms with Crippen molar-refractivity contribution in [3.63, 3.8) is 0 Å². The van der Waals surface area contributed by atoms with Gasteiger partial charge < -0.3 is 5.32 Å². The van der Waals surface area contributed by atoms with Crippen LogP contribution in [0.15, 0.2) is 0 Å². The second-order valence-corrected chi connectivity index (χ2v) is 2.76. The summed E-state index contributed by atoms with van der Waals surface area (Å²) >= 11 is 5.70. The van der Waals surface area contributed by atoms with Crippen LogP contribution in [-0.2, 0) is 4.79 Å². The Labute approximate surface area is 68.0 Å². The Morgan fingerprint density at radius 2 is 2.50 bits per heavy atom. The van der Waals surface area contributed by atoms with Crippen LogP contribution in [-0.4, -0.2) is 22.6 Å². The van der Waals surface area contributed by atoms with Crippen molar-refractivity contribution >= 4 is 39.0 Å². The average Bonchev–Trinajstić information content (AvgIpc) is 1.69. The van der Waals surface area contributed by atoms with Crippen molar-refractivity contribution in [3.05, 3.63) is 0 Å². The van der Waals surface area contributed by atoms with Crippen molar-refractivity contribution in [3.8, 4) is 0 Å². The van der Waals surface area contributed by atoms with Gasteiger partial charge in [0, 0.05) is 28.3 Å². The zero-order valence-electron chi connectivity index (χ0n) is 4.52. The van der Waals surface area contributed by atoms with Gasteiger partial charge in [0.2, 0.25) is 3.79 Å². The quantitative estimate of drug-likeness (QED) is 0.430. The fraction of sp³-hybridized carbons (Fsp3) is 0.750. The van der Waals surface area contributed by atoms with Gasteiger partial charge >= 0.3 is 0 Å². The average molecular weight is 245 g/mol. The lowest BCUT2D eigenvalue weighted by atomic mass is 10.4. The van der Waals surface area contributed by atoms with Crippen LogP contribution in [0.3, 0.4) is 0 Å². The van der Waals surface area contributed by atoms with E-state index in [-0.39, 0.29) is 9.83 Å². The second-order valence-electron chi connectivity index (χ2n) is 1.33. The van der Waals surface area contributed by atoms with Crippen molar-refractivity contribution in [2.75, 3.05) is 12.8 Å². The summed E-state index contributed by atoms with van der Waals surface area (Å²) in [7, 11) is 1.75. The van der Waals surface area contributed by atoms with Crippen molar-refractivity contribution in [2.24, 2.45) is 0 Å². The van der Waals surface area contributed by atoms with Crippen LogP contribution >= 0.6 is 35.2 Å². The van der Waals surface area contributed by atoms with Crippen LogP contribution in [0, 0.1) is 0 Å². The molecule has 0 bridgehead atoms. The number of likely N-dealkylation sites (N-methyl/N-ethyl adjacent to an activating group) is 1. The molecule has 1 N–H and O–H groups in total. The maximum atomic E-state index is 10.5. The molecule has 0 fully saturated rings. The molecule has 0 aliphatic heterocycles. The first-order chi connectivity index (χ1) is 3.72.